The molecule has 6 nitrogen and oxygen atoms in total. The molecule has 0 bridgehead atoms. The summed E-state index contributed by atoms with van der Waals surface area (Å²) in [6.07, 6.45) is 3.54. The van der Waals surface area contributed by atoms with Crippen LogP contribution in [0.5, 0.6) is 0 Å². The van der Waals surface area contributed by atoms with Crippen LogP contribution in [0.4, 0.5) is 11.4 Å². The number of nitrogens with one attached hydrogen (secondary N) is 1. The molecule has 0 aliphatic rings. The van der Waals surface area contributed by atoms with Crippen molar-refractivity contribution in [1.82, 2.24) is 9.78 Å². The van der Waals surface area contributed by atoms with Gasteiger partial charge in [-0.1, -0.05) is 0 Å². The van der Waals surface area contributed by atoms with Crippen molar-refractivity contribution in [2.75, 3.05) is 17.3 Å². The first kappa shape index (κ1) is 16.4. The number of amides is 2. The molecule has 2 aromatic carbocycles. The van der Waals surface area contributed by atoms with Crippen molar-refractivity contribution in [3.63, 3.8) is 0 Å². The molecule has 0 aliphatic carbocycles. The summed E-state index contributed by atoms with van der Waals surface area (Å²) in [7, 11) is 1.71. The first-order valence-electron chi connectivity index (χ1n) is 7.80. The molecule has 0 unspecified atom stereocenters. The number of anilines is 2. The van der Waals surface area contributed by atoms with Crippen molar-refractivity contribution in [3.05, 3.63) is 72.6 Å². The Morgan fingerprint density at radius 3 is 2.28 bits per heavy atom. The molecule has 25 heavy (non-hydrogen) atoms. The van der Waals surface area contributed by atoms with Gasteiger partial charge in [-0.2, -0.15) is 5.10 Å². The van der Waals surface area contributed by atoms with Crippen molar-refractivity contribution in [2.24, 2.45) is 0 Å². The van der Waals surface area contributed by atoms with E-state index in [4.69, 9.17) is 0 Å². The summed E-state index contributed by atoms with van der Waals surface area (Å²) in [6.45, 7) is 1.50. The molecular formula is C19H18N4O2. The Kier molecular flexibility index (Phi) is 4.61. The van der Waals surface area contributed by atoms with Gasteiger partial charge in [0.05, 0.1) is 5.69 Å². The molecule has 1 N–H and O–H groups in total. The maximum atomic E-state index is 12.3. The molecule has 0 radical (unpaired) electrons. The van der Waals surface area contributed by atoms with Gasteiger partial charge in [-0.3, -0.25) is 9.59 Å². The predicted octanol–water partition coefficient (Wildman–Crippen LogP) is 3.11. The minimum absolute atomic E-state index is 0.0472. The summed E-state index contributed by atoms with van der Waals surface area (Å²) in [5.74, 6) is -0.242. The SMILES string of the molecule is CC(=O)N(C)c1ccc(NC(=O)c2ccc(-n3cccn3)cc2)cc1. The third-order valence-electron chi connectivity index (χ3n) is 3.88. The van der Waals surface area contributed by atoms with E-state index in [1.54, 1.807) is 59.2 Å². The topological polar surface area (TPSA) is 67.2 Å². The zero-order valence-corrected chi connectivity index (χ0v) is 14.0. The van der Waals surface area contributed by atoms with Gasteiger partial charge in [-0.15, -0.1) is 0 Å². The van der Waals surface area contributed by atoms with Crippen LogP contribution < -0.4 is 10.2 Å². The minimum atomic E-state index is -0.195. The van der Waals surface area contributed by atoms with Gasteiger partial charge >= 0.3 is 0 Å². The molecule has 0 saturated carbocycles. The molecular weight excluding hydrogens is 316 g/mol. The van der Waals surface area contributed by atoms with Gasteiger partial charge in [0.1, 0.15) is 0 Å². The fraction of sp³-hybridized carbons (Fsp3) is 0.105. The van der Waals surface area contributed by atoms with Gasteiger partial charge in [-0.25, -0.2) is 4.68 Å². The summed E-state index contributed by atoms with van der Waals surface area (Å²) in [4.78, 5) is 25.2. The van der Waals surface area contributed by atoms with Crippen molar-refractivity contribution < 1.29 is 9.59 Å². The van der Waals surface area contributed by atoms with Crippen LogP contribution in [-0.4, -0.2) is 28.6 Å². The second kappa shape index (κ2) is 7.00. The van der Waals surface area contributed by atoms with E-state index in [2.05, 4.69) is 10.4 Å². The average Bonchev–Trinajstić information content (AvgIpc) is 3.16. The molecule has 0 spiro atoms. The first-order chi connectivity index (χ1) is 12.0. The fourth-order valence-electron chi connectivity index (χ4n) is 2.34. The lowest BCUT2D eigenvalue weighted by Gasteiger charge is -2.15. The van der Waals surface area contributed by atoms with Crippen LogP contribution in [0.1, 0.15) is 17.3 Å². The first-order valence-corrected chi connectivity index (χ1v) is 7.80. The Hall–Kier alpha value is -3.41. The number of nitrogens with zero attached hydrogens (tertiary/aromatic N) is 3. The molecule has 1 heterocycles. The summed E-state index contributed by atoms with van der Waals surface area (Å²) in [6, 6.07) is 16.1. The van der Waals surface area contributed by atoms with Gasteiger partial charge in [-0.05, 0) is 54.6 Å². The quantitative estimate of drug-likeness (QED) is 0.797. The highest BCUT2D eigenvalue weighted by Gasteiger charge is 2.08. The van der Waals surface area contributed by atoms with Crippen LogP contribution in [0.2, 0.25) is 0 Å². The van der Waals surface area contributed by atoms with Gasteiger partial charge in [0.2, 0.25) is 5.91 Å². The number of carbonyl (C=O) groups is 2. The summed E-state index contributed by atoms with van der Waals surface area (Å²) < 4.78 is 1.73. The maximum absolute atomic E-state index is 12.3. The molecule has 0 aliphatic heterocycles. The molecule has 6 heteroatoms. The van der Waals surface area contributed by atoms with Crippen molar-refractivity contribution in [3.8, 4) is 5.69 Å². The van der Waals surface area contributed by atoms with Crippen LogP contribution in [-0.2, 0) is 4.79 Å². The highest BCUT2D eigenvalue weighted by atomic mass is 16.2. The molecule has 0 fully saturated rings. The largest absolute Gasteiger partial charge is 0.322 e. The van der Waals surface area contributed by atoms with Crippen LogP contribution in [0.3, 0.4) is 0 Å². The monoisotopic (exact) mass is 334 g/mol. The Morgan fingerprint density at radius 2 is 1.72 bits per heavy atom. The van der Waals surface area contributed by atoms with Crippen LogP contribution in [0.15, 0.2) is 67.0 Å². The highest BCUT2D eigenvalue weighted by Crippen LogP contribution is 2.18. The zero-order chi connectivity index (χ0) is 17.8. The predicted molar refractivity (Wildman–Crippen MR) is 97.0 cm³/mol. The van der Waals surface area contributed by atoms with Crippen molar-refractivity contribution in [2.45, 2.75) is 6.92 Å². The van der Waals surface area contributed by atoms with Gasteiger partial charge in [0, 0.05) is 43.3 Å². The summed E-state index contributed by atoms with van der Waals surface area (Å²) >= 11 is 0. The molecule has 0 atom stereocenters. The number of carbonyl (C=O) groups excluding carboxylic acids is 2. The van der Waals surface area contributed by atoms with E-state index in [0.29, 0.717) is 11.3 Å². The van der Waals surface area contributed by atoms with Gasteiger partial charge < -0.3 is 10.2 Å². The normalized spacial score (nSPS) is 10.3. The molecule has 0 saturated heterocycles. The summed E-state index contributed by atoms with van der Waals surface area (Å²) in [5.41, 5.74) is 2.88. The van der Waals surface area contributed by atoms with Crippen LogP contribution in [0.25, 0.3) is 5.69 Å². The van der Waals surface area contributed by atoms with E-state index >= 15 is 0 Å². The highest BCUT2D eigenvalue weighted by molar-refractivity contribution is 6.04. The second-order valence-corrected chi connectivity index (χ2v) is 5.58. The Labute approximate surface area is 145 Å². The lowest BCUT2D eigenvalue weighted by molar-refractivity contribution is -0.116. The lowest BCUT2D eigenvalue weighted by Crippen LogP contribution is -2.22. The third kappa shape index (κ3) is 3.74. The molecule has 1 aromatic heterocycles. The van der Waals surface area contributed by atoms with E-state index in [-0.39, 0.29) is 11.8 Å². The molecule has 3 rings (SSSR count). The summed E-state index contributed by atoms with van der Waals surface area (Å²) in [5, 5.41) is 6.99. The standard InChI is InChI=1S/C19H18N4O2/c1-14(24)22(2)17-10-6-16(7-11-17)21-19(25)15-4-8-18(9-5-15)23-13-3-12-20-23/h3-13H,1-2H3,(H,21,25). The Bertz CT molecular complexity index is 869. The van der Waals surface area contributed by atoms with Gasteiger partial charge in [0.25, 0.3) is 5.91 Å². The zero-order valence-electron chi connectivity index (χ0n) is 14.0. The van der Waals surface area contributed by atoms with Crippen LogP contribution >= 0.6 is 0 Å². The van der Waals surface area contributed by atoms with Crippen molar-refractivity contribution >= 4 is 23.2 Å². The van der Waals surface area contributed by atoms with E-state index in [1.165, 1.54) is 6.92 Å². The number of hydrogen-bond acceptors (Lipinski definition) is 3. The fourth-order valence-corrected chi connectivity index (χ4v) is 2.34. The lowest BCUT2D eigenvalue weighted by atomic mass is 10.2. The smallest absolute Gasteiger partial charge is 0.255 e. The minimum Gasteiger partial charge on any atom is -0.322 e. The number of benzene rings is 2. The second-order valence-electron chi connectivity index (χ2n) is 5.58. The van der Waals surface area contributed by atoms with E-state index < -0.39 is 0 Å². The van der Waals surface area contributed by atoms with Gasteiger partial charge in [0.15, 0.2) is 0 Å². The Balaban J connectivity index is 1.68. The maximum Gasteiger partial charge on any atom is 0.255 e. The molecule has 126 valence electrons. The Morgan fingerprint density at radius 1 is 1.04 bits per heavy atom. The number of hydrogen-bond donors (Lipinski definition) is 1. The van der Waals surface area contributed by atoms with Crippen molar-refractivity contribution in [1.29, 1.82) is 0 Å². The van der Waals surface area contributed by atoms with Crippen LogP contribution in [0, 0.1) is 0 Å². The molecule has 2 amide bonds. The number of rotatable bonds is 4. The van der Waals surface area contributed by atoms with E-state index in [9.17, 15) is 9.59 Å². The molecule has 3 aromatic rings. The number of aromatic nitrogens is 2. The third-order valence-corrected chi connectivity index (χ3v) is 3.88. The van der Waals surface area contributed by atoms with E-state index in [0.717, 1.165) is 11.4 Å². The average molecular weight is 334 g/mol. The van der Waals surface area contributed by atoms with E-state index in [1.807, 2.05) is 24.4 Å².